The molecule has 3 N–H and O–H groups in total. The van der Waals surface area contributed by atoms with Crippen molar-refractivity contribution in [3.05, 3.63) is 40.7 Å². The maximum absolute atomic E-state index is 14.1. The Morgan fingerprint density at radius 3 is 2.38 bits per heavy atom. The van der Waals surface area contributed by atoms with Crippen LogP contribution in [0.2, 0.25) is 0 Å². The Balaban J connectivity index is 1.05. The highest BCUT2D eigenvalue weighted by Crippen LogP contribution is 2.52. The van der Waals surface area contributed by atoms with E-state index < -0.39 is 59.3 Å². The molecular weight excluding hydrogens is 847 g/mol. The lowest BCUT2D eigenvalue weighted by Crippen LogP contribution is -2.63. The molecule has 0 spiro atoms. The van der Waals surface area contributed by atoms with Gasteiger partial charge in [0.25, 0.3) is 5.91 Å². The van der Waals surface area contributed by atoms with Gasteiger partial charge in [-0.2, -0.15) is 0 Å². The monoisotopic (exact) mass is 924 g/mol. The van der Waals surface area contributed by atoms with E-state index in [0.29, 0.717) is 56.5 Å². The zero-order chi connectivity index (χ0) is 47.8. The molecule has 1 aromatic rings. The number of aliphatic hydroxyl groups excluding tert-OH is 2. The second kappa shape index (κ2) is 20.5. The minimum Gasteiger partial charge on any atom is -0.477 e. The highest BCUT2D eigenvalue weighted by atomic mass is 32.2. The average molecular weight is 924 g/mol. The van der Waals surface area contributed by atoms with Crippen LogP contribution in [0.4, 0.5) is 0 Å². The number of aryl methyl sites for hydroxylation is 1. The number of likely N-dealkylation sites (N-methyl/N-ethyl adjacent to an activating group) is 1. The van der Waals surface area contributed by atoms with Gasteiger partial charge in [-0.05, 0) is 122 Å². The second-order valence-electron chi connectivity index (χ2n) is 22.0. The summed E-state index contributed by atoms with van der Waals surface area (Å²) >= 11 is 1.53. The molecule has 0 unspecified atom stereocenters. The highest BCUT2D eigenvalue weighted by Gasteiger charge is 2.60. The maximum Gasteiger partial charge on any atom is 0.353 e. The number of hydrogen-bond acceptors (Lipinski definition) is 12. The molecule has 0 aliphatic carbocycles. The minimum atomic E-state index is -1.12. The Kier molecular flexibility index (Phi) is 16.1. The maximum atomic E-state index is 14.1. The lowest BCUT2D eigenvalue weighted by Gasteiger charge is -2.46. The van der Waals surface area contributed by atoms with E-state index in [0.717, 1.165) is 50.8 Å². The number of pyridine rings is 1. The number of aromatic nitrogens is 1. The molecule has 0 radical (unpaired) electrons. The number of amides is 2. The molecule has 5 aliphatic rings. The van der Waals surface area contributed by atoms with Gasteiger partial charge < -0.3 is 29.9 Å². The summed E-state index contributed by atoms with van der Waals surface area (Å²) in [4.78, 5) is 78.7. The molecule has 6 heterocycles. The number of ether oxygens (including phenoxy) is 1. The van der Waals surface area contributed by atoms with Crippen LogP contribution >= 0.6 is 11.8 Å². The highest BCUT2D eigenvalue weighted by molar-refractivity contribution is 8.03. The summed E-state index contributed by atoms with van der Waals surface area (Å²) in [5.74, 6) is -3.66. The number of Topliss-reactive ketones (excluding diaryl/α,β-unsaturated/α-hetero) is 1. The number of rotatable bonds is 20. The van der Waals surface area contributed by atoms with Gasteiger partial charge in [-0.3, -0.25) is 29.2 Å². The first-order chi connectivity index (χ1) is 30.5. The van der Waals surface area contributed by atoms with Crippen LogP contribution < -0.4 is 0 Å². The number of ketones is 1. The molecule has 6 rings (SSSR count). The lowest BCUT2D eigenvalue weighted by molar-refractivity contribution is -0.165. The number of aliphatic carboxylic acids is 1. The predicted octanol–water partition coefficient (Wildman–Crippen LogP) is 5.93. The Hall–Kier alpha value is -3.37. The van der Waals surface area contributed by atoms with E-state index in [9.17, 15) is 39.3 Å². The summed E-state index contributed by atoms with van der Waals surface area (Å²) in [6.07, 6.45) is 9.54. The quantitative estimate of drug-likeness (QED) is 0.0797. The van der Waals surface area contributed by atoms with Crippen molar-refractivity contribution in [3.63, 3.8) is 0 Å². The van der Waals surface area contributed by atoms with Crippen LogP contribution in [0.5, 0.6) is 0 Å². The van der Waals surface area contributed by atoms with Crippen LogP contribution in [0.3, 0.4) is 0 Å². The third-order valence-corrected chi connectivity index (χ3v) is 17.3. The molecule has 0 bridgehead atoms. The van der Waals surface area contributed by atoms with Crippen molar-refractivity contribution in [2.24, 2.45) is 28.6 Å². The van der Waals surface area contributed by atoms with E-state index in [1.54, 1.807) is 27.0 Å². The van der Waals surface area contributed by atoms with E-state index in [2.05, 4.69) is 42.5 Å². The Labute approximate surface area is 391 Å². The van der Waals surface area contributed by atoms with E-state index in [-0.39, 0.29) is 51.7 Å². The molecule has 4 saturated heterocycles. The predicted molar refractivity (Wildman–Crippen MR) is 250 cm³/mol. The van der Waals surface area contributed by atoms with Crippen LogP contribution in [0.1, 0.15) is 132 Å². The molecule has 362 valence electrons. The van der Waals surface area contributed by atoms with Crippen molar-refractivity contribution in [1.29, 1.82) is 0 Å². The molecular formula is C50H77N5O9S. The average Bonchev–Trinajstić information content (AvgIpc) is 3.97. The fraction of sp³-hybridized carbons (Fsp3) is 0.760. The molecule has 65 heavy (non-hydrogen) atoms. The zero-order valence-corrected chi connectivity index (χ0v) is 41.4. The smallest absolute Gasteiger partial charge is 0.353 e. The first kappa shape index (κ1) is 51.0. The number of carboxylic acids is 1. The number of carbonyl (C=O) groups excluding carboxylic acids is 4. The Bertz CT molecular complexity index is 1940. The van der Waals surface area contributed by atoms with Gasteiger partial charge in [-0.15, -0.1) is 11.8 Å². The fourth-order valence-corrected chi connectivity index (χ4v) is 12.7. The van der Waals surface area contributed by atoms with E-state index in [1.165, 1.54) is 21.6 Å². The molecule has 2 amide bonds. The number of hydrogen-bond donors (Lipinski definition) is 3. The summed E-state index contributed by atoms with van der Waals surface area (Å²) in [6, 6.07) is 2.71. The first-order valence-corrected chi connectivity index (χ1v) is 25.1. The number of thioether (sulfide) groups is 1. The number of nitrogens with zero attached hydrogens (tertiary/aromatic N) is 5. The molecule has 14 nitrogen and oxygen atoms in total. The lowest BCUT2D eigenvalue weighted by atomic mass is 9.78. The van der Waals surface area contributed by atoms with Crippen LogP contribution in [0, 0.1) is 28.6 Å². The van der Waals surface area contributed by atoms with E-state index in [4.69, 9.17) is 4.74 Å². The third kappa shape index (κ3) is 11.2. The van der Waals surface area contributed by atoms with Crippen molar-refractivity contribution in [2.45, 2.75) is 180 Å². The number of fused-ring (bicyclic) bond motifs is 1. The van der Waals surface area contributed by atoms with Crippen LogP contribution in [-0.4, -0.2) is 150 Å². The summed E-state index contributed by atoms with van der Waals surface area (Å²) in [7, 11) is 2.03. The number of carboxylic acid groups (broad SMARTS) is 1. The van der Waals surface area contributed by atoms with Crippen molar-refractivity contribution in [2.75, 3.05) is 33.2 Å². The number of esters is 1. The van der Waals surface area contributed by atoms with Crippen molar-refractivity contribution in [1.82, 2.24) is 24.6 Å². The van der Waals surface area contributed by atoms with Gasteiger partial charge >= 0.3 is 11.9 Å². The van der Waals surface area contributed by atoms with E-state index >= 15 is 0 Å². The zero-order valence-electron chi connectivity index (χ0n) is 40.6. The largest absolute Gasteiger partial charge is 0.477 e. The van der Waals surface area contributed by atoms with Gasteiger partial charge in [-0.1, -0.05) is 47.6 Å². The minimum absolute atomic E-state index is 0.0452. The molecule has 0 aromatic carbocycles. The molecule has 5 aliphatic heterocycles. The van der Waals surface area contributed by atoms with Gasteiger partial charge in [0, 0.05) is 71.0 Å². The summed E-state index contributed by atoms with van der Waals surface area (Å²) in [6.45, 7) is 20.7. The van der Waals surface area contributed by atoms with Crippen molar-refractivity contribution >= 4 is 41.3 Å². The molecule has 1 aromatic heterocycles. The summed E-state index contributed by atoms with van der Waals surface area (Å²) < 4.78 is 6.38. The molecule has 10 atom stereocenters. The third-order valence-electron chi connectivity index (χ3n) is 15.8. The normalized spacial score (nSPS) is 28.2. The van der Waals surface area contributed by atoms with Gasteiger partial charge in [0.1, 0.15) is 17.8 Å². The van der Waals surface area contributed by atoms with Crippen molar-refractivity contribution in [3.8, 4) is 0 Å². The second-order valence-corrected chi connectivity index (χ2v) is 23.3. The number of aliphatic hydroxyl groups is 2. The SMILES string of the molecule is CCC(C)(C)C(=O)C(=O)N1CCCC[C@H]1C(=O)O[C@H](CCc1cccnc1)CC(C)(C)CCC(C)(C)N1CC[C@@H]([C@@H](O)[C@@H]2C[C@H](SC3=C(C(=O)O)N4C(=O)[C@H]([C@@H](C)O)[C@H]4[C@H]3C)CN2C)C1. The number of carbonyl (C=O) groups is 5. The number of β-lactam (4-membered cyclic amide) rings is 1. The van der Waals surface area contributed by atoms with Gasteiger partial charge in [0.2, 0.25) is 11.7 Å². The van der Waals surface area contributed by atoms with Crippen LogP contribution in [0.15, 0.2) is 35.1 Å². The molecule has 4 fully saturated rings. The number of likely N-dealkylation sites (tertiary alicyclic amines) is 3. The van der Waals surface area contributed by atoms with Crippen LogP contribution in [0.25, 0.3) is 0 Å². The van der Waals surface area contributed by atoms with Crippen LogP contribution in [-0.2, 0) is 35.1 Å². The van der Waals surface area contributed by atoms with Gasteiger partial charge in [0.05, 0.1) is 24.2 Å². The Morgan fingerprint density at radius 1 is 1.02 bits per heavy atom. The standard InChI is InChI=1S/C50H77N5O9S/c1-11-49(6,7)43(58)45(60)54-23-13-12-16-36(54)47(63)64-34(18-17-32-15-14-22-51-27-32)26-48(4,5)20-21-50(8,9)53-24-19-33(28-53)41(57)37-25-35(29-52(37)10)65-42-30(2)39-38(31(3)56)44(59)55(39)40(42)46(61)62/h14-15,22,27,30-31,33-39,41,56-57H,11-13,16-21,23-26,28-29H2,1-10H3,(H,61,62)/t30-,31-,33-,34-,35+,36+,37+,38-,39-,41-/m1/s1. The van der Waals surface area contributed by atoms with E-state index in [1.807, 2.05) is 39.2 Å². The summed E-state index contributed by atoms with van der Waals surface area (Å²) in [5.41, 5.74) is -0.0723. The topological polar surface area (TPSA) is 181 Å². The number of piperidine rings is 1. The van der Waals surface area contributed by atoms with Gasteiger partial charge in [0.15, 0.2) is 0 Å². The van der Waals surface area contributed by atoms with Crippen molar-refractivity contribution < 1.29 is 44.0 Å². The fourth-order valence-electron chi connectivity index (χ4n) is 11.1. The first-order valence-electron chi connectivity index (χ1n) is 24.2. The Morgan fingerprint density at radius 2 is 1.74 bits per heavy atom. The van der Waals surface area contributed by atoms with Gasteiger partial charge in [-0.25, -0.2) is 9.59 Å². The summed E-state index contributed by atoms with van der Waals surface area (Å²) in [5, 5.41) is 32.4. The molecule has 0 saturated carbocycles. The molecule has 15 heteroatoms.